The third-order valence-corrected chi connectivity index (χ3v) is 6.00. The topological polar surface area (TPSA) is 96.0 Å². The van der Waals surface area contributed by atoms with E-state index in [4.69, 9.17) is 18.9 Å². The van der Waals surface area contributed by atoms with Crippen LogP contribution in [0.5, 0.6) is 17.2 Å². The molecule has 0 radical (unpaired) electrons. The summed E-state index contributed by atoms with van der Waals surface area (Å²) in [5.74, 6) is 1.30. The van der Waals surface area contributed by atoms with Crippen LogP contribution >= 0.6 is 0 Å². The average Bonchev–Trinajstić information content (AvgIpc) is 3.00. The van der Waals surface area contributed by atoms with Crippen molar-refractivity contribution in [3.63, 3.8) is 0 Å². The van der Waals surface area contributed by atoms with E-state index in [1.165, 1.54) is 0 Å². The van der Waals surface area contributed by atoms with E-state index >= 15 is 0 Å². The Hall–Kier alpha value is -4.85. The number of amides is 1. The van der Waals surface area contributed by atoms with Crippen molar-refractivity contribution in [2.45, 2.75) is 19.4 Å². The van der Waals surface area contributed by atoms with E-state index in [2.05, 4.69) is 10.3 Å². The maximum Gasteiger partial charge on any atom is 0.347 e. The summed E-state index contributed by atoms with van der Waals surface area (Å²) in [6, 6.07) is 27.5. The first kappa shape index (κ1) is 28.2. The first-order chi connectivity index (χ1) is 19.6. The molecular weight excluding hydrogens is 508 g/mol. The van der Waals surface area contributed by atoms with Gasteiger partial charge in [-0.15, -0.1) is 0 Å². The molecule has 8 nitrogen and oxygen atoms in total. The molecule has 1 heterocycles. The molecular formula is C32H32N2O6. The van der Waals surface area contributed by atoms with Crippen molar-refractivity contribution in [3.8, 4) is 28.5 Å². The number of aromatic nitrogens is 1. The summed E-state index contributed by atoms with van der Waals surface area (Å²) in [6.45, 7) is 2.68. The summed E-state index contributed by atoms with van der Waals surface area (Å²) in [5, 5.41) is 2.87. The average molecular weight is 541 g/mol. The van der Waals surface area contributed by atoms with Gasteiger partial charge in [0.15, 0.2) is 6.10 Å². The summed E-state index contributed by atoms with van der Waals surface area (Å²) in [6.07, 6.45) is 1.27. The van der Waals surface area contributed by atoms with Crippen LogP contribution in [-0.2, 0) is 16.0 Å². The molecule has 0 aliphatic heterocycles. The summed E-state index contributed by atoms with van der Waals surface area (Å²) >= 11 is 0. The monoisotopic (exact) mass is 540 g/mol. The standard InChI is InChI=1S/C32H32N2O6/c1-3-38-32(36)30(40-28-17-15-26(37-2)16-18-28)22-23-7-13-27(14-8-23)39-21-20-34-31(35)25-11-9-24(10-12-25)29-6-4-5-19-33-29/h4-19,30H,3,20-22H2,1-2H3,(H,34,35). The lowest BCUT2D eigenvalue weighted by Gasteiger charge is -2.18. The molecule has 0 saturated heterocycles. The van der Waals surface area contributed by atoms with Crippen molar-refractivity contribution in [1.29, 1.82) is 0 Å². The zero-order valence-corrected chi connectivity index (χ0v) is 22.5. The van der Waals surface area contributed by atoms with Crippen LogP contribution in [0.25, 0.3) is 11.3 Å². The molecule has 3 aromatic carbocycles. The Balaban J connectivity index is 1.25. The predicted octanol–water partition coefficient (Wildman–Crippen LogP) is 5.12. The molecule has 8 heteroatoms. The van der Waals surface area contributed by atoms with Crippen molar-refractivity contribution in [2.75, 3.05) is 26.9 Å². The zero-order chi connectivity index (χ0) is 28.2. The number of pyridine rings is 1. The Bertz CT molecular complexity index is 1360. The summed E-state index contributed by atoms with van der Waals surface area (Å²) in [7, 11) is 1.59. The van der Waals surface area contributed by atoms with Crippen LogP contribution in [0.2, 0.25) is 0 Å². The van der Waals surface area contributed by atoms with E-state index < -0.39 is 12.1 Å². The van der Waals surface area contributed by atoms with E-state index in [1.54, 1.807) is 56.6 Å². The Morgan fingerprint density at radius 1 is 0.850 bits per heavy atom. The van der Waals surface area contributed by atoms with Crippen LogP contribution in [0.15, 0.2) is 97.2 Å². The van der Waals surface area contributed by atoms with E-state index in [1.807, 2.05) is 54.6 Å². The zero-order valence-electron chi connectivity index (χ0n) is 22.5. The number of carbonyl (C=O) groups excluding carboxylic acids is 2. The maximum absolute atomic E-state index is 12.5. The van der Waals surface area contributed by atoms with Crippen LogP contribution in [-0.4, -0.2) is 49.8 Å². The number of methoxy groups -OCH3 is 1. The van der Waals surface area contributed by atoms with Gasteiger partial charge in [-0.05, 0) is 73.2 Å². The second kappa shape index (κ2) is 14.3. The van der Waals surface area contributed by atoms with Crippen LogP contribution in [0.3, 0.4) is 0 Å². The van der Waals surface area contributed by atoms with Gasteiger partial charge in [-0.3, -0.25) is 9.78 Å². The molecule has 4 aromatic rings. The van der Waals surface area contributed by atoms with Crippen LogP contribution in [0.4, 0.5) is 0 Å². The highest BCUT2D eigenvalue weighted by Gasteiger charge is 2.22. The molecule has 4 rings (SSSR count). The van der Waals surface area contributed by atoms with Gasteiger partial charge in [0.2, 0.25) is 0 Å². The Kier molecular flexibility index (Phi) is 10.1. The molecule has 1 aromatic heterocycles. The Morgan fingerprint density at radius 3 is 2.20 bits per heavy atom. The lowest BCUT2D eigenvalue weighted by Crippen LogP contribution is -2.31. The van der Waals surface area contributed by atoms with E-state index in [-0.39, 0.29) is 12.5 Å². The number of hydrogen-bond donors (Lipinski definition) is 1. The summed E-state index contributed by atoms with van der Waals surface area (Å²) < 4.78 is 22.1. The molecule has 0 spiro atoms. The summed E-state index contributed by atoms with van der Waals surface area (Å²) in [4.78, 5) is 29.3. The number of hydrogen-bond acceptors (Lipinski definition) is 7. The van der Waals surface area contributed by atoms with E-state index in [9.17, 15) is 9.59 Å². The fourth-order valence-corrected chi connectivity index (χ4v) is 3.92. The molecule has 40 heavy (non-hydrogen) atoms. The smallest absolute Gasteiger partial charge is 0.347 e. The van der Waals surface area contributed by atoms with Crippen LogP contribution in [0.1, 0.15) is 22.8 Å². The highest BCUT2D eigenvalue weighted by molar-refractivity contribution is 5.94. The van der Waals surface area contributed by atoms with E-state index in [0.717, 1.165) is 16.8 Å². The number of rotatable bonds is 13. The highest BCUT2D eigenvalue weighted by Crippen LogP contribution is 2.21. The predicted molar refractivity (Wildman–Crippen MR) is 152 cm³/mol. The van der Waals surface area contributed by atoms with E-state index in [0.29, 0.717) is 42.4 Å². The lowest BCUT2D eigenvalue weighted by atomic mass is 10.1. The number of nitrogens with one attached hydrogen (secondary N) is 1. The Labute approximate surface area is 233 Å². The third-order valence-electron chi connectivity index (χ3n) is 6.00. The van der Waals surface area contributed by atoms with Gasteiger partial charge >= 0.3 is 5.97 Å². The van der Waals surface area contributed by atoms with Gasteiger partial charge in [-0.1, -0.05) is 30.3 Å². The minimum absolute atomic E-state index is 0.173. The highest BCUT2D eigenvalue weighted by atomic mass is 16.6. The van der Waals surface area contributed by atoms with Crippen molar-refractivity contribution in [1.82, 2.24) is 10.3 Å². The normalized spacial score (nSPS) is 11.2. The number of carbonyl (C=O) groups is 2. The third kappa shape index (κ3) is 8.07. The van der Waals surface area contributed by atoms with Crippen molar-refractivity contribution in [2.24, 2.45) is 0 Å². The SMILES string of the molecule is CCOC(=O)C(Cc1ccc(OCCNC(=O)c2ccc(-c3ccccn3)cc2)cc1)Oc1ccc(OC)cc1. The first-order valence-electron chi connectivity index (χ1n) is 13.0. The van der Waals surface area contributed by atoms with Gasteiger partial charge in [-0.2, -0.15) is 0 Å². The van der Waals surface area contributed by atoms with Gasteiger partial charge in [0.25, 0.3) is 5.91 Å². The van der Waals surface area contributed by atoms with Crippen LogP contribution in [0, 0.1) is 0 Å². The molecule has 0 fully saturated rings. The second-order valence-corrected chi connectivity index (χ2v) is 8.78. The largest absolute Gasteiger partial charge is 0.497 e. The maximum atomic E-state index is 12.5. The van der Waals surface area contributed by atoms with Gasteiger partial charge in [0.05, 0.1) is 26.0 Å². The first-order valence-corrected chi connectivity index (χ1v) is 13.0. The van der Waals surface area contributed by atoms with Crippen molar-refractivity contribution in [3.05, 3.63) is 108 Å². The molecule has 206 valence electrons. The molecule has 0 aliphatic carbocycles. The fourth-order valence-electron chi connectivity index (χ4n) is 3.92. The Morgan fingerprint density at radius 2 is 1.55 bits per heavy atom. The molecule has 1 unspecified atom stereocenters. The number of esters is 1. The number of nitrogens with zero attached hydrogens (tertiary/aromatic N) is 1. The number of ether oxygens (including phenoxy) is 4. The van der Waals surface area contributed by atoms with Gasteiger partial charge in [0.1, 0.15) is 23.9 Å². The minimum atomic E-state index is -0.798. The summed E-state index contributed by atoms with van der Waals surface area (Å²) in [5.41, 5.74) is 3.26. The molecule has 1 amide bonds. The minimum Gasteiger partial charge on any atom is -0.497 e. The number of benzene rings is 3. The van der Waals surface area contributed by atoms with Crippen molar-refractivity contribution < 1.29 is 28.5 Å². The lowest BCUT2D eigenvalue weighted by molar-refractivity contribution is -0.151. The van der Waals surface area contributed by atoms with Gasteiger partial charge < -0.3 is 24.3 Å². The van der Waals surface area contributed by atoms with Gasteiger partial charge in [-0.25, -0.2) is 4.79 Å². The molecule has 0 saturated carbocycles. The molecule has 1 N–H and O–H groups in total. The molecule has 1 atom stereocenters. The molecule has 0 bridgehead atoms. The fraction of sp³-hybridized carbons (Fsp3) is 0.219. The second-order valence-electron chi connectivity index (χ2n) is 8.78. The van der Waals surface area contributed by atoms with Crippen molar-refractivity contribution >= 4 is 11.9 Å². The molecule has 0 aliphatic rings. The quantitative estimate of drug-likeness (QED) is 0.186. The van der Waals surface area contributed by atoms with Gasteiger partial charge in [0, 0.05) is 23.7 Å². The van der Waals surface area contributed by atoms with Crippen LogP contribution < -0.4 is 19.5 Å².